The Morgan fingerprint density at radius 3 is 2.21 bits per heavy atom. The molecule has 0 atom stereocenters. The molecule has 0 spiro atoms. The minimum atomic E-state index is -0.330. The summed E-state index contributed by atoms with van der Waals surface area (Å²) >= 11 is 7.69. The molecule has 0 N–H and O–H groups in total. The predicted molar refractivity (Wildman–Crippen MR) is 119 cm³/mol. The van der Waals surface area contributed by atoms with Crippen LogP contribution < -0.4 is 5.46 Å². The fourth-order valence-electron chi connectivity index (χ4n) is 2.85. The van der Waals surface area contributed by atoms with Gasteiger partial charge in [-0.2, -0.15) is 0 Å². The Bertz CT molecular complexity index is 678. The summed E-state index contributed by atoms with van der Waals surface area (Å²) in [6.45, 7) is 15.2. The van der Waals surface area contributed by atoms with Crippen LogP contribution in [0, 0.1) is 0 Å². The van der Waals surface area contributed by atoms with Gasteiger partial charge in [-0.15, -0.1) is 0 Å². The summed E-state index contributed by atoms with van der Waals surface area (Å²) in [7, 11) is -0.330. The molecular formula is C20H30BClN2O3S. The molecule has 3 rings (SSSR count). The van der Waals surface area contributed by atoms with Gasteiger partial charge in [0.15, 0.2) is 0 Å². The quantitative estimate of drug-likeness (QED) is 0.423. The molecule has 2 heterocycles. The lowest BCUT2D eigenvalue weighted by atomic mass is 9.79. The molecule has 28 heavy (non-hydrogen) atoms. The number of hydrogen-bond acceptors (Lipinski definition) is 5. The van der Waals surface area contributed by atoms with Crippen LogP contribution in [-0.2, 0) is 14.1 Å². The first-order chi connectivity index (χ1) is 13.1. The van der Waals surface area contributed by atoms with Gasteiger partial charge < -0.3 is 14.2 Å². The van der Waals surface area contributed by atoms with E-state index in [-0.39, 0.29) is 24.2 Å². The molecule has 0 bridgehead atoms. The number of carbonyl (C=O) groups excluding carboxylic acids is 1. The van der Waals surface area contributed by atoms with Crippen LogP contribution in [-0.4, -0.2) is 65.9 Å². The summed E-state index contributed by atoms with van der Waals surface area (Å²) in [5, 5.41) is 0.701. The molecule has 1 aromatic carbocycles. The minimum absolute atomic E-state index is 0.0516. The highest BCUT2D eigenvalue weighted by atomic mass is 35.5. The van der Waals surface area contributed by atoms with Gasteiger partial charge in [0.2, 0.25) is 5.91 Å². The molecular weight excluding hydrogens is 395 g/mol. The van der Waals surface area contributed by atoms with Crippen LogP contribution in [0.4, 0.5) is 0 Å². The smallest absolute Gasteiger partial charge is 0.399 e. The Kier molecular flexibility index (Phi) is 8.05. The fourth-order valence-corrected chi connectivity index (χ4v) is 3.58. The van der Waals surface area contributed by atoms with Gasteiger partial charge in [0, 0.05) is 31.2 Å². The van der Waals surface area contributed by atoms with E-state index in [1.807, 2.05) is 56.9 Å². The van der Waals surface area contributed by atoms with Crippen molar-refractivity contribution >= 4 is 42.0 Å². The zero-order valence-electron chi connectivity index (χ0n) is 17.4. The van der Waals surface area contributed by atoms with Gasteiger partial charge in [0.05, 0.1) is 11.2 Å². The third kappa shape index (κ3) is 5.77. The molecule has 2 saturated heterocycles. The van der Waals surface area contributed by atoms with Gasteiger partial charge in [0.1, 0.15) is 0 Å². The van der Waals surface area contributed by atoms with Crippen LogP contribution >= 0.6 is 23.5 Å². The molecule has 5 nitrogen and oxygen atoms in total. The number of benzene rings is 1. The molecule has 8 heteroatoms. The van der Waals surface area contributed by atoms with E-state index in [9.17, 15) is 4.79 Å². The first kappa shape index (κ1) is 23.3. The Morgan fingerprint density at radius 2 is 1.75 bits per heavy atom. The van der Waals surface area contributed by atoms with Crippen molar-refractivity contribution in [3.8, 4) is 0 Å². The molecule has 1 aromatic rings. The zero-order chi connectivity index (χ0) is 20.9. The number of carbonyl (C=O) groups is 1. The van der Waals surface area contributed by atoms with Crippen LogP contribution in [0.2, 0.25) is 5.02 Å². The van der Waals surface area contributed by atoms with Gasteiger partial charge in [-0.1, -0.05) is 42.3 Å². The molecule has 2 aliphatic heterocycles. The van der Waals surface area contributed by atoms with E-state index in [0.717, 1.165) is 31.6 Å². The standard InChI is InChI=1S/C12H16BClO2.C8H14N2OS/c1-11(2)12(3,4)16-13(15-11)9-6-5-7-10(14)8-9;1-3-8(11)9-4-6-10(12-2)7-5-9/h5-8H,1-4H3;3H,1,4-7H2,2H3. The van der Waals surface area contributed by atoms with Crippen LogP contribution in [0.1, 0.15) is 27.7 Å². The Hall–Kier alpha value is -0.985. The molecule has 0 saturated carbocycles. The third-order valence-electron chi connectivity index (χ3n) is 5.36. The zero-order valence-corrected chi connectivity index (χ0v) is 19.0. The summed E-state index contributed by atoms with van der Waals surface area (Å²) in [6, 6.07) is 7.59. The highest BCUT2D eigenvalue weighted by Crippen LogP contribution is 2.36. The van der Waals surface area contributed by atoms with Gasteiger partial charge in [-0.3, -0.25) is 4.79 Å². The minimum Gasteiger partial charge on any atom is -0.399 e. The summed E-state index contributed by atoms with van der Waals surface area (Å²) in [6.07, 6.45) is 3.44. The van der Waals surface area contributed by atoms with Crippen LogP contribution in [0.15, 0.2) is 36.9 Å². The van der Waals surface area contributed by atoms with Crippen molar-refractivity contribution in [3.63, 3.8) is 0 Å². The molecule has 1 amide bonds. The van der Waals surface area contributed by atoms with E-state index in [2.05, 4.69) is 17.1 Å². The van der Waals surface area contributed by atoms with Crippen LogP contribution in [0.25, 0.3) is 0 Å². The normalized spacial score (nSPS) is 21.1. The molecule has 0 unspecified atom stereocenters. The topological polar surface area (TPSA) is 42.0 Å². The third-order valence-corrected chi connectivity index (χ3v) is 6.47. The molecule has 2 fully saturated rings. The summed E-state index contributed by atoms with van der Waals surface area (Å²) in [5.41, 5.74) is 0.353. The summed E-state index contributed by atoms with van der Waals surface area (Å²) in [4.78, 5) is 13.0. The van der Waals surface area contributed by atoms with E-state index in [1.54, 1.807) is 11.9 Å². The average molecular weight is 425 g/mol. The second kappa shape index (κ2) is 9.68. The van der Waals surface area contributed by atoms with Crippen molar-refractivity contribution in [1.82, 2.24) is 9.21 Å². The Balaban J connectivity index is 0.000000209. The van der Waals surface area contributed by atoms with Crippen molar-refractivity contribution in [2.45, 2.75) is 38.9 Å². The SMILES string of the molecule is C=CC(=O)N1CCN(SC)CC1.CC1(C)OB(c2cccc(Cl)c2)OC1(C)C. The largest absolute Gasteiger partial charge is 0.494 e. The summed E-state index contributed by atoms with van der Waals surface area (Å²) < 4.78 is 14.1. The molecule has 0 aliphatic carbocycles. The van der Waals surface area contributed by atoms with Gasteiger partial charge in [0.25, 0.3) is 0 Å². The lowest BCUT2D eigenvalue weighted by Gasteiger charge is -2.32. The lowest BCUT2D eigenvalue weighted by Crippen LogP contribution is -2.45. The number of rotatable bonds is 3. The Morgan fingerprint density at radius 1 is 1.18 bits per heavy atom. The van der Waals surface area contributed by atoms with Gasteiger partial charge in [-0.25, -0.2) is 4.31 Å². The Labute approximate surface area is 178 Å². The van der Waals surface area contributed by atoms with E-state index in [0.29, 0.717) is 5.02 Å². The number of amides is 1. The van der Waals surface area contributed by atoms with E-state index in [4.69, 9.17) is 20.9 Å². The highest BCUT2D eigenvalue weighted by Gasteiger charge is 2.51. The number of piperazine rings is 1. The molecule has 154 valence electrons. The van der Waals surface area contributed by atoms with Crippen molar-refractivity contribution in [3.05, 3.63) is 41.9 Å². The van der Waals surface area contributed by atoms with Crippen LogP contribution in [0.3, 0.4) is 0 Å². The van der Waals surface area contributed by atoms with Crippen molar-refractivity contribution in [1.29, 1.82) is 0 Å². The van der Waals surface area contributed by atoms with E-state index < -0.39 is 0 Å². The molecule has 0 radical (unpaired) electrons. The maximum Gasteiger partial charge on any atom is 0.494 e. The first-order valence-electron chi connectivity index (χ1n) is 9.41. The maximum absolute atomic E-state index is 11.1. The number of hydrogen-bond donors (Lipinski definition) is 0. The van der Waals surface area contributed by atoms with Crippen LogP contribution in [0.5, 0.6) is 0 Å². The van der Waals surface area contributed by atoms with Crippen molar-refractivity contribution in [2.24, 2.45) is 0 Å². The second-order valence-corrected chi connectivity index (χ2v) is 9.10. The van der Waals surface area contributed by atoms with Crippen molar-refractivity contribution in [2.75, 3.05) is 32.4 Å². The molecule has 0 aromatic heterocycles. The summed E-state index contributed by atoms with van der Waals surface area (Å²) in [5.74, 6) is 0.0516. The second-order valence-electron chi connectivity index (χ2n) is 7.78. The monoisotopic (exact) mass is 424 g/mol. The number of halogens is 1. The lowest BCUT2D eigenvalue weighted by molar-refractivity contribution is -0.127. The molecule has 2 aliphatic rings. The van der Waals surface area contributed by atoms with Gasteiger partial charge in [-0.05, 0) is 57.6 Å². The van der Waals surface area contributed by atoms with Gasteiger partial charge >= 0.3 is 7.12 Å². The predicted octanol–water partition coefficient (Wildman–Crippen LogP) is 3.23. The van der Waals surface area contributed by atoms with Crippen molar-refractivity contribution < 1.29 is 14.1 Å². The van der Waals surface area contributed by atoms with E-state index in [1.165, 1.54) is 6.08 Å². The highest BCUT2D eigenvalue weighted by molar-refractivity contribution is 7.96. The fraction of sp³-hybridized carbons (Fsp3) is 0.550. The maximum atomic E-state index is 11.1. The first-order valence-corrected chi connectivity index (χ1v) is 11.0. The van der Waals surface area contributed by atoms with E-state index >= 15 is 0 Å². The number of nitrogens with zero attached hydrogens (tertiary/aromatic N) is 2. The average Bonchev–Trinajstić information content (AvgIpc) is 2.89.